The van der Waals surface area contributed by atoms with Crippen molar-refractivity contribution < 1.29 is 30.0 Å². The highest BCUT2D eigenvalue weighted by molar-refractivity contribution is 7.91. The maximum absolute atomic E-state index is 13.0. The first-order valence-corrected chi connectivity index (χ1v) is 11.7. The Labute approximate surface area is 155 Å². The number of rotatable bonds is 3. The normalized spacial score (nSPS) is 27.7. The van der Waals surface area contributed by atoms with Crippen LogP contribution in [0.3, 0.4) is 0 Å². The molecule has 2 fully saturated rings. The van der Waals surface area contributed by atoms with Gasteiger partial charge in [0, 0.05) is 18.3 Å². The molecule has 1 aromatic carbocycles. The number of hydrogen-bond donors (Lipinski definition) is 0. The van der Waals surface area contributed by atoms with E-state index in [4.69, 9.17) is 11.6 Å². The average Bonchev–Trinajstić information content (AvgIpc) is 2.76. The molecule has 3 atom stereocenters. The second-order valence-electron chi connectivity index (χ2n) is 6.78. The lowest BCUT2D eigenvalue weighted by atomic mass is 10.1. The molecule has 2 saturated heterocycles. The fourth-order valence-corrected chi connectivity index (χ4v) is 7.12. The SMILES string of the molecule is CS(=O)(=O)C1C[C@H]2CC[C@@H](C1)N2S(=O)(=O)c1ccc(Cl)c(C(F)(F)F)c1. The van der Waals surface area contributed by atoms with Gasteiger partial charge in [-0.15, -0.1) is 0 Å². The fraction of sp³-hybridized carbons (Fsp3) is 0.600. The summed E-state index contributed by atoms with van der Waals surface area (Å²) < 4.78 is 89.9. The van der Waals surface area contributed by atoms with Gasteiger partial charge in [0.1, 0.15) is 9.84 Å². The zero-order chi connectivity index (χ0) is 19.5. The van der Waals surface area contributed by atoms with Crippen molar-refractivity contribution in [3.63, 3.8) is 0 Å². The van der Waals surface area contributed by atoms with Crippen molar-refractivity contribution in [3.05, 3.63) is 28.8 Å². The van der Waals surface area contributed by atoms with Gasteiger partial charge in [-0.3, -0.25) is 0 Å². The maximum Gasteiger partial charge on any atom is 0.417 e. The van der Waals surface area contributed by atoms with Crippen LogP contribution >= 0.6 is 11.6 Å². The Morgan fingerprint density at radius 2 is 1.62 bits per heavy atom. The Morgan fingerprint density at radius 1 is 1.08 bits per heavy atom. The first-order chi connectivity index (χ1) is 11.8. The first kappa shape index (κ1) is 19.9. The quantitative estimate of drug-likeness (QED) is 0.737. The van der Waals surface area contributed by atoms with Crippen molar-refractivity contribution in [3.8, 4) is 0 Å². The highest BCUT2D eigenvalue weighted by Crippen LogP contribution is 2.43. The Hall–Kier alpha value is -0.840. The molecule has 1 unspecified atom stereocenters. The lowest BCUT2D eigenvalue weighted by Gasteiger charge is -2.37. The number of sulfonamides is 1. The number of sulfone groups is 1. The van der Waals surface area contributed by atoms with Crippen molar-refractivity contribution in [2.45, 2.75) is 54.1 Å². The molecule has 0 radical (unpaired) electrons. The van der Waals surface area contributed by atoms with Gasteiger partial charge < -0.3 is 0 Å². The third-order valence-electron chi connectivity index (χ3n) is 5.05. The van der Waals surface area contributed by atoms with Crippen LogP contribution in [-0.4, -0.2) is 44.7 Å². The first-order valence-electron chi connectivity index (χ1n) is 7.91. The van der Waals surface area contributed by atoms with E-state index in [0.29, 0.717) is 18.9 Å². The molecule has 0 aromatic heterocycles. The molecule has 1 aromatic rings. The molecule has 2 bridgehead atoms. The van der Waals surface area contributed by atoms with Crippen LogP contribution in [0.15, 0.2) is 23.1 Å². The van der Waals surface area contributed by atoms with Crippen molar-refractivity contribution in [1.82, 2.24) is 4.31 Å². The Bertz CT molecular complexity index is 917. The van der Waals surface area contributed by atoms with E-state index in [9.17, 15) is 30.0 Å². The predicted molar refractivity (Wildman–Crippen MR) is 90.2 cm³/mol. The molecule has 5 nitrogen and oxygen atoms in total. The summed E-state index contributed by atoms with van der Waals surface area (Å²) in [6, 6.07) is 1.46. The summed E-state index contributed by atoms with van der Waals surface area (Å²) in [5.41, 5.74) is -1.21. The van der Waals surface area contributed by atoms with Gasteiger partial charge in [0.2, 0.25) is 10.0 Å². The van der Waals surface area contributed by atoms with Crippen LogP contribution in [0.25, 0.3) is 0 Å². The topological polar surface area (TPSA) is 71.5 Å². The van der Waals surface area contributed by atoms with Crippen LogP contribution in [-0.2, 0) is 26.0 Å². The maximum atomic E-state index is 13.0. The van der Waals surface area contributed by atoms with Crippen molar-refractivity contribution in [2.24, 2.45) is 0 Å². The predicted octanol–water partition coefficient (Wildman–Crippen LogP) is 3.09. The van der Waals surface area contributed by atoms with E-state index in [1.807, 2.05) is 0 Å². The number of halogens is 4. The summed E-state index contributed by atoms with van der Waals surface area (Å²) >= 11 is 5.56. The molecule has 11 heteroatoms. The van der Waals surface area contributed by atoms with Gasteiger partial charge in [0.05, 0.1) is 20.7 Å². The van der Waals surface area contributed by atoms with Gasteiger partial charge in [-0.05, 0) is 43.9 Å². The molecular formula is C15H17ClF3NO4S2. The summed E-state index contributed by atoms with van der Waals surface area (Å²) in [6.07, 6.45) is -2.34. The number of alkyl halides is 3. The van der Waals surface area contributed by atoms with Crippen LogP contribution in [0, 0.1) is 0 Å². The monoisotopic (exact) mass is 431 g/mol. The number of fused-ring (bicyclic) bond motifs is 2. The van der Waals surface area contributed by atoms with Gasteiger partial charge in [0.15, 0.2) is 0 Å². The van der Waals surface area contributed by atoms with E-state index in [0.717, 1.165) is 18.4 Å². The molecule has 0 N–H and O–H groups in total. The van der Waals surface area contributed by atoms with Gasteiger partial charge in [-0.1, -0.05) is 11.6 Å². The molecule has 26 heavy (non-hydrogen) atoms. The number of nitrogens with zero attached hydrogens (tertiary/aromatic N) is 1. The summed E-state index contributed by atoms with van der Waals surface area (Å²) in [5.74, 6) is 0. The third-order valence-corrected chi connectivity index (χ3v) is 8.97. The van der Waals surface area contributed by atoms with Crippen LogP contribution in [0.1, 0.15) is 31.2 Å². The minimum absolute atomic E-state index is 0.161. The summed E-state index contributed by atoms with van der Waals surface area (Å²) in [4.78, 5) is -0.482. The highest BCUT2D eigenvalue weighted by Gasteiger charge is 2.49. The van der Waals surface area contributed by atoms with Gasteiger partial charge in [-0.2, -0.15) is 17.5 Å². The van der Waals surface area contributed by atoms with Crippen molar-refractivity contribution in [1.29, 1.82) is 0 Å². The zero-order valence-electron chi connectivity index (χ0n) is 13.7. The fourth-order valence-electron chi connectivity index (χ4n) is 3.83. The minimum atomic E-state index is -4.77. The molecule has 2 heterocycles. The standard InChI is InChI=1S/C15H17ClF3NO4S2/c1-25(21,22)12-6-9-2-3-10(7-12)20(9)26(23,24)11-4-5-14(16)13(8-11)15(17,18)19/h4-5,8-10,12H,2-3,6-7H2,1H3/t9-,10+,12?. The number of hydrogen-bond acceptors (Lipinski definition) is 4. The number of piperidine rings is 1. The van der Waals surface area contributed by atoms with Gasteiger partial charge >= 0.3 is 6.18 Å². The molecular weight excluding hydrogens is 415 g/mol. The molecule has 2 aliphatic heterocycles. The summed E-state index contributed by atoms with van der Waals surface area (Å²) in [6.45, 7) is 0. The summed E-state index contributed by atoms with van der Waals surface area (Å²) in [5, 5.41) is -1.20. The van der Waals surface area contributed by atoms with Gasteiger partial charge in [0.25, 0.3) is 0 Å². The molecule has 0 saturated carbocycles. The number of benzene rings is 1. The van der Waals surface area contributed by atoms with Crippen LogP contribution in [0.5, 0.6) is 0 Å². The summed E-state index contributed by atoms with van der Waals surface area (Å²) in [7, 11) is -7.49. The third kappa shape index (κ3) is 3.48. The molecule has 146 valence electrons. The molecule has 0 aliphatic carbocycles. The zero-order valence-corrected chi connectivity index (χ0v) is 16.1. The Kier molecular flexibility index (Phi) is 4.87. The van der Waals surface area contributed by atoms with E-state index in [2.05, 4.69) is 0 Å². The largest absolute Gasteiger partial charge is 0.417 e. The minimum Gasteiger partial charge on any atom is -0.229 e. The average molecular weight is 432 g/mol. The van der Waals surface area contributed by atoms with E-state index in [1.54, 1.807) is 0 Å². The van der Waals surface area contributed by atoms with Crippen LogP contribution in [0.4, 0.5) is 13.2 Å². The van der Waals surface area contributed by atoms with Crippen molar-refractivity contribution >= 4 is 31.5 Å². The molecule has 0 amide bonds. The lowest BCUT2D eigenvalue weighted by molar-refractivity contribution is -0.137. The van der Waals surface area contributed by atoms with Gasteiger partial charge in [-0.25, -0.2) is 16.8 Å². The Balaban J connectivity index is 1.98. The smallest absolute Gasteiger partial charge is 0.229 e. The van der Waals surface area contributed by atoms with Crippen molar-refractivity contribution in [2.75, 3.05) is 6.26 Å². The van der Waals surface area contributed by atoms with Crippen LogP contribution in [0.2, 0.25) is 5.02 Å². The van der Waals surface area contributed by atoms with E-state index in [-0.39, 0.29) is 12.8 Å². The molecule has 2 aliphatic rings. The second kappa shape index (κ2) is 6.35. The Morgan fingerprint density at radius 3 is 2.08 bits per heavy atom. The lowest BCUT2D eigenvalue weighted by Crippen LogP contribution is -2.49. The van der Waals surface area contributed by atoms with E-state index >= 15 is 0 Å². The molecule has 0 spiro atoms. The van der Waals surface area contributed by atoms with E-state index < -0.39 is 58.9 Å². The van der Waals surface area contributed by atoms with E-state index in [1.165, 1.54) is 4.31 Å². The molecule has 3 rings (SSSR count). The highest BCUT2D eigenvalue weighted by atomic mass is 35.5. The second-order valence-corrected chi connectivity index (χ2v) is 11.4. The van der Waals surface area contributed by atoms with Crippen LogP contribution < -0.4 is 0 Å².